The molecule has 0 radical (unpaired) electrons. The van der Waals surface area contributed by atoms with Gasteiger partial charge in [0.25, 0.3) is 0 Å². The van der Waals surface area contributed by atoms with Gasteiger partial charge in [-0.1, -0.05) is 27.7 Å². The number of nitrogen functional groups attached to an aromatic ring is 1. The summed E-state index contributed by atoms with van der Waals surface area (Å²) in [5, 5.41) is 0. The molecule has 2 N–H and O–H groups in total. The summed E-state index contributed by atoms with van der Waals surface area (Å²) >= 11 is 0. The van der Waals surface area contributed by atoms with Crippen LogP contribution in [0.3, 0.4) is 0 Å². The van der Waals surface area contributed by atoms with Gasteiger partial charge in [-0.2, -0.15) is 0 Å². The topological polar surface area (TPSA) is 55.0 Å². The molecular formula is C13H24N4. The van der Waals surface area contributed by atoms with E-state index in [9.17, 15) is 0 Å². The zero-order chi connectivity index (χ0) is 13.2. The summed E-state index contributed by atoms with van der Waals surface area (Å²) in [5.41, 5.74) is 6.86. The minimum atomic E-state index is -0.0797. The zero-order valence-corrected chi connectivity index (χ0v) is 11.8. The average Bonchev–Trinajstić information content (AvgIpc) is 2.20. The summed E-state index contributed by atoms with van der Waals surface area (Å²) in [6.45, 7) is 11.4. The highest BCUT2D eigenvalue weighted by molar-refractivity contribution is 5.56. The predicted molar refractivity (Wildman–Crippen MR) is 73.4 cm³/mol. The Morgan fingerprint density at radius 1 is 1.24 bits per heavy atom. The van der Waals surface area contributed by atoms with Crippen molar-refractivity contribution in [1.82, 2.24) is 9.97 Å². The smallest absolute Gasteiger partial charge is 0.138 e. The van der Waals surface area contributed by atoms with E-state index in [0.29, 0.717) is 5.82 Å². The Morgan fingerprint density at radius 2 is 1.82 bits per heavy atom. The van der Waals surface area contributed by atoms with Gasteiger partial charge in [0.1, 0.15) is 17.5 Å². The lowest BCUT2D eigenvalue weighted by molar-refractivity contribution is 0.545. The van der Waals surface area contributed by atoms with Crippen LogP contribution in [-0.2, 0) is 5.41 Å². The minimum Gasteiger partial charge on any atom is -0.383 e. The van der Waals surface area contributed by atoms with Crippen molar-refractivity contribution in [2.75, 3.05) is 24.2 Å². The van der Waals surface area contributed by atoms with Crippen LogP contribution in [0.5, 0.6) is 0 Å². The van der Waals surface area contributed by atoms with Crippen LogP contribution in [-0.4, -0.2) is 23.6 Å². The molecule has 96 valence electrons. The lowest BCUT2D eigenvalue weighted by Gasteiger charge is -2.24. The van der Waals surface area contributed by atoms with Gasteiger partial charge in [0.2, 0.25) is 0 Å². The lowest BCUT2D eigenvalue weighted by atomic mass is 9.95. The van der Waals surface area contributed by atoms with Gasteiger partial charge in [-0.3, -0.25) is 0 Å². The van der Waals surface area contributed by atoms with E-state index < -0.39 is 0 Å². The monoisotopic (exact) mass is 236 g/mol. The SMILES string of the molecule is CCCN(C)c1nc(C(C)(C)C)nc(N)c1C. The lowest BCUT2D eigenvalue weighted by Crippen LogP contribution is -2.25. The molecule has 0 aliphatic rings. The highest BCUT2D eigenvalue weighted by Gasteiger charge is 2.21. The van der Waals surface area contributed by atoms with Gasteiger partial charge in [-0.25, -0.2) is 9.97 Å². The molecule has 17 heavy (non-hydrogen) atoms. The minimum absolute atomic E-state index is 0.0797. The molecule has 0 saturated carbocycles. The first kappa shape index (κ1) is 13.7. The van der Waals surface area contributed by atoms with Crippen LogP contribution in [0.4, 0.5) is 11.6 Å². The van der Waals surface area contributed by atoms with Crippen molar-refractivity contribution in [2.24, 2.45) is 0 Å². The molecule has 1 aromatic rings. The van der Waals surface area contributed by atoms with E-state index in [2.05, 4.69) is 42.6 Å². The summed E-state index contributed by atoms with van der Waals surface area (Å²) in [5.74, 6) is 2.34. The summed E-state index contributed by atoms with van der Waals surface area (Å²) in [4.78, 5) is 11.2. The largest absolute Gasteiger partial charge is 0.383 e. The van der Waals surface area contributed by atoms with Gasteiger partial charge in [0, 0.05) is 24.6 Å². The van der Waals surface area contributed by atoms with Crippen LogP contribution in [0, 0.1) is 6.92 Å². The third-order valence-electron chi connectivity index (χ3n) is 2.75. The molecule has 1 heterocycles. The molecule has 0 aromatic carbocycles. The van der Waals surface area contributed by atoms with Crippen LogP contribution in [0.15, 0.2) is 0 Å². The number of aromatic nitrogens is 2. The molecule has 0 bridgehead atoms. The molecule has 0 fully saturated rings. The van der Waals surface area contributed by atoms with Crippen LogP contribution in [0.2, 0.25) is 0 Å². The molecule has 1 aromatic heterocycles. The van der Waals surface area contributed by atoms with Crippen molar-refractivity contribution in [2.45, 2.75) is 46.5 Å². The maximum atomic E-state index is 5.97. The fourth-order valence-corrected chi connectivity index (χ4v) is 1.67. The van der Waals surface area contributed by atoms with E-state index in [1.165, 1.54) is 0 Å². The summed E-state index contributed by atoms with van der Waals surface area (Å²) in [7, 11) is 2.05. The van der Waals surface area contributed by atoms with Gasteiger partial charge in [0.05, 0.1) is 0 Å². The molecule has 0 saturated heterocycles. The summed E-state index contributed by atoms with van der Waals surface area (Å²) < 4.78 is 0. The third kappa shape index (κ3) is 3.08. The first-order chi connectivity index (χ1) is 7.77. The Hall–Kier alpha value is -1.32. The fourth-order valence-electron chi connectivity index (χ4n) is 1.67. The number of rotatable bonds is 3. The Balaban J connectivity index is 3.25. The number of hydrogen-bond acceptors (Lipinski definition) is 4. The molecule has 1 rings (SSSR count). The number of hydrogen-bond donors (Lipinski definition) is 1. The molecule has 0 aliphatic carbocycles. The number of nitrogens with two attached hydrogens (primary N) is 1. The van der Waals surface area contributed by atoms with Crippen LogP contribution in [0.1, 0.15) is 45.5 Å². The molecule has 0 spiro atoms. The molecule has 4 nitrogen and oxygen atoms in total. The molecule has 0 aliphatic heterocycles. The number of anilines is 2. The van der Waals surface area contributed by atoms with Gasteiger partial charge in [-0.15, -0.1) is 0 Å². The highest BCUT2D eigenvalue weighted by Crippen LogP contribution is 2.26. The maximum Gasteiger partial charge on any atom is 0.138 e. The molecule has 0 unspecified atom stereocenters. The van der Waals surface area contributed by atoms with Gasteiger partial charge in [-0.05, 0) is 13.3 Å². The van der Waals surface area contributed by atoms with Crippen LogP contribution < -0.4 is 10.6 Å². The third-order valence-corrected chi connectivity index (χ3v) is 2.75. The standard InChI is InChI=1S/C13H24N4/c1-7-8-17(6)11-9(2)10(14)15-12(16-11)13(3,4)5/h7-8H2,1-6H3,(H2,14,15,16). The second-order valence-electron chi connectivity index (χ2n) is 5.55. The van der Waals surface area contributed by atoms with E-state index in [-0.39, 0.29) is 5.41 Å². The van der Waals surface area contributed by atoms with Crippen LogP contribution >= 0.6 is 0 Å². The Bertz CT molecular complexity index is 393. The molecule has 4 heteroatoms. The summed E-state index contributed by atoms with van der Waals surface area (Å²) in [6, 6.07) is 0. The van der Waals surface area contributed by atoms with Crippen molar-refractivity contribution in [3.05, 3.63) is 11.4 Å². The highest BCUT2D eigenvalue weighted by atomic mass is 15.2. The van der Waals surface area contributed by atoms with Crippen molar-refractivity contribution < 1.29 is 0 Å². The quantitative estimate of drug-likeness (QED) is 0.876. The number of nitrogens with zero attached hydrogens (tertiary/aromatic N) is 3. The van der Waals surface area contributed by atoms with E-state index in [1.54, 1.807) is 0 Å². The average molecular weight is 236 g/mol. The van der Waals surface area contributed by atoms with E-state index in [0.717, 1.165) is 30.2 Å². The molecule has 0 atom stereocenters. The molecule has 0 amide bonds. The van der Waals surface area contributed by atoms with Crippen molar-refractivity contribution in [3.8, 4) is 0 Å². The van der Waals surface area contributed by atoms with Gasteiger partial charge in [0.15, 0.2) is 0 Å². The van der Waals surface area contributed by atoms with Crippen molar-refractivity contribution >= 4 is 11.6 Å². The zero-order valence-electron chi connectivity index (χ0n) is 11.8. The van der Waals surface area contributed by atoms with E-state index in [1.807, 2.05) is 14.0 Å². The van der Waals surface area contributed by atoms with Gasteiger partial charge < -0.3 is 10.6 Å². The van der Waals surface area contributed by atoms with E-state index in [4.69, 9.17) is 5.73 Å². The normalized spacial score (nSPS) is 11.6. The fraction of sp³-hybridized carbons (Fsp3) is 0.692. The Labute approximate surface area is 104 Å². The van der Waals surface area contributed by atoms with Gasteiger partial charge >= 0.3 is 0 Å². The Kier molecular flexibility index (Phi) is 3.96. The first-order valence-electron chi connectivity index (χ1n) is 6.13. The van der Waals surface area contributed by atoms with Crippen molar-refractivity contribution in [1.29, 1.82) is 0 Å². The van der Waals surface area contributed by atoms with E-state index >= 15 is 0 Å². The molecular weight excluding hydrogens is 212 g/mol. The Morgan fingerprint density at radius 3 is 2.29 bits per heavy atom. The predicted octanol–water partition coefficient (Wildman–Crippen LogP) is 2.51. The maximum absolute atomic E-state index is 5.97. The second kappa shape index (κ2) is 4.90. The second-order valence-corrected chi connectivity index (χ2v) is 5.55. The van der Waals surface area contributed by atoms with Crippen molar-refractivity contribution in [3.63, 3.8) is 0 Å². The first-order valence-corrected chi connectivity index (χ1v) is 6.13. The summed E-state index contributed by atoms with van der Waals surface area (Å²) in [6.07, 6.45) is 1.09. The van der Waals surface area contributed by atoms with Crippen LogP contribution in [0.25, 0.3) is 0 Å².